The third-order valence-electron chi connectivity index (χ3n) is 6.61. The molecule has 0 unspecified atom stereocenters. The van der Waals surface area contributed by atoms with Gasteiger partial charge in [0.25, 0.3) is 0 Å². The monoisotopic (exact) mass is 418 g/mol. The van der Waals surface area contributed by atoms with Crippen molar-refractivity contribution in [2.24, 2.45) is 5.92 Å². The number of methoxy groups -OCH3 is 1. The van der Waals surface area contributed by atoms with Gasteiger partial charge in [-0.2, -0.15) is 0 Å². The molecule has 0 radical (unpaired) electrons. The molecule has 1 saturated carbocycles. The van der Waals surface area contributed by atoms with Crippen molar-refractivity contribution >= 4 is 23.6 Å². The molecule has 1 atom stereocenters. The lowest BCUT2D eigenvalue weighted by atomic mass is 9.71. The quantitative estimate of drug-likeness (QED) is 0.637. The lowest BCUT2D eigenvalue weighted by Crippen LogP contribution is -2.63. The lowest BCUT2D eigenvalue weighted by molar-refractivity contribution is -0.141. The Balaban J connectivity index is 1.99. The Morgan fingerprint density at radius 3 is 2.55 bits per heavy atom. The summed E-state index contributed by atoms with van der Waals surface area (Å²) >= 11 is 6.39. The molecule has 2 aliphatic rings. The normalized spacial score (nSPS) is 23.3. The van der Waals surface area contributed by atoms with Crippen LogP contribution < -0.4 is 5.32 Å². The van der Waals surface area contributed by atoms with Crippen LogP contribution >= 0.6 is 11.6 Å². The Morgan fingerprint density at radius 2 is 2.03 bits per heavy atom. The topological polar surface area (TPSA) is 58.6 Å². The van der Waals surface area contributed by atoms with Gasteiger partial charge in [0, 0.05) is 23.2 Å². The fourth-order valence-electron chi connectivity index (χ4n) is 4.53. The van der Waals surface area contributed by atoms with Crippen molar-refractivity contribution < 1.29 is 14.3 Å². The second kappa shape index (κ2) is 8.02. The number of esters is 1. The summed E-state index contributed by atoms with van der Waals surface area (Å²) in [6.07, 6.45) is 5.80. The number of rotatable bonds is 6. The number of hydrogen-bond donors (Lipinski definition) is 1. The van der Waals surface area contributed by atoms with E-state index in [2.05, 4.69) is 19.2 Å². The third-order valence-corrected chi connectivity index (χ3v) is 7.02. The second-order valence-corrected chi connectivity index (χ2v) is 9.19. The van der Waals surface area contributed by atoms with E-state index in [1.165, 1.54) is 7.11 Å². The highest BCUT2D eigenvalue weighted by Gasteiger charge is 2.49. The smallest absolute Gasteiger partial charge is 0.322 e. The molecule has 3 rings (SSSR count). The van der Waals surface area contributed by atoms with E-state index in [-0.39, 0.29) is 23.5 Å². The molecule has 5 nitrogen and oxygen atoms in total. The largest absolute Gasteiger partial charge is 0.469 e. The van der Waals surface area contributed by atoms with E-state index in [0.29, 0.717) is 17.9 Å². The van der Waals surface area contributed by atoms with Crippen LogP contribution in [0.25, 0.3) is 0 Å². The summed E-state index contributed by atoms with van der Waals surface area (Å²) in [6, 6.07) is 5.84. The number of carbonyl (C=O) groups excluding carboxylic acids is 2. The molecular weight excluding hydrogens is 388 g/mol. The van der Waals surface area contributed by atoms with Crippen molar-refractivity contribution in [3.05, 3.63) is 46.1 Å². The van der Waals surface area contributed by atoms with Crippen LogP contribution in [0.3, 0.4) is 0 Å². The molecule has 0 spiro atoms. The number of halogens is 1. The lowest BCUT2D eigenvalue weighted by Gasteiger charge is -2.53. The van der Waals surface area contributed by atoms with Crippen LogP contribution in [0.15, 0.2) is 30.0 Å². The summed E-state index contributed by atoms with van der Waals surface area (Å²) in [5.41, 5.74) is 2.16. The van der Waals surface area contributed by atoms with Crippen molar-refractivity contribution in [3.63, 3.8) is 0 Å². The van der Waals surface area contributed by atoms with Gasteiger partial charge in [0.1, 0.15) is 0 Å². The van der Waals surface area contributed by atoms with Crippen molar-refractivity contribution in [1.29, 1.82) is 0 Å². The van der Waals surface area contributed by atoms with Gasteiger partial charge in [-0.3, -0.25) is 9.69 Å². The number of ether oxygens (including phenoxy) is 1. The Kier molecular flexibility index (Phi) is 6.00. The molecule has 1 aromatic carbocycles. The molecule has 1 aliphatic carbocycles. The molecule has 1 aromatic rings. The highest BCUT2D eigenvalue weighted by Crippen LogP contribution is 2.46. The summed E-state index contributed by atoms with van der Waals surface area (Å²) in [5.74, 6) is -0.0122. The van der Waals surface area contributed by atoms with E-state index in [9.17, 15) is 9.59 Å². The van der Waals surface area contributed by atoms with Crippen LogP contribution in [0.4, 0.5) is 4.79 Å². The second-order valence-electron chi connectivity index (χ2n) is 8.78. The van der Waals surface area contributed by atoms with Gasteiger partial charge in [-0.15, -0.1) is 0 Å². The highest BCUT2D eigenvalue weighted by molar-refractivity contribution is 6.31. The number of amides is 2. The number of aryl methyl sites for hydroxylation is 1. The zero-order valence-corrected chi connectivity index (χ0v) is 18.7. The van der Waals surface area contributed by atoms with E-state index in [0.717, 1.165) is 36.0 Å². The maximum atomic E-state index is 13.3. The first-order valence-electron chi connectivity index (χ1n) is 10.3. The molecule has 0 aromatic heterocycles. The molecule has 158 valence electrons. The van der Waals surface area contributed by atoms with E-state index in [1.807, 2.05) is 43.1 Å². The van der Waals surface area contributed by atoms with Crippen LogP contribution in [0.2, 0.25) is 5.02 Å². The SMILES string of the molecule is COC(=O)CCC1(N2C=C(C(C)C)[C@](C)(c3ccc(C)c(Cl)c3)NC2=O)CCC1. The van der Waals surface area contributed by atoms with Crippen molar-refractivity contribution in [2.75, 3.05) is 7.11 Å². The summed E-state index contributed by atoms with van der Waals surface area (Å²) in [6.45, 7) is 8.28. The average Bonchev–Trinajstić information content (AvgIpc) is 2.63. The summed E-state index contributed by atoms with van der Waals surface area (Å²) in [5, 5.41) is 3.95. The minimum atomic E-state index is -0.633. The standard InChI is InChI=1S/C23H31ClN2O3/c1-15(2)18-14-26(23(10-6-11-23)12-9-20(27)29-5)21(28)25-22(18,4)17-8-7-16(3)19(24)13-17/h7-8,13-15H,6,9-12H2,1-5H3,(H,25,28)/t22-/m0/s1. The molecule has 0 bridgehead atoms. The molecule has 6 heteroatoms. The van der Waals surface area contributed by atoms with E-state index < -0.39 is 5.54 Å². The highest BCUT2D eigenvalue weighted by atomic mass is 35.5. The molecular formula is C23H31ClN2O3. The van der Waals surface area contributed by atoms with Crippen LogP contribution in [0.5, 0.6) is 0 Å². The maximum Gasteiger partial charge on any atom is 0.322 e. The van der Waals surface area contributed by atoms with Gasteiger partial charge < -0.3 is 10.1 Å². The molecule has 1 aliphatic heterocycles. The van der Waals surface area contributed by atoms with Crippen LogP contribution in [-0.2, 0) is 15.1 Å². The average molecular weight is 419 g/mol. The van der Waals surface area contributed by atoms with Gasteiger partial charge >= 0.3 is 12.0 Å². The summed E-state index contributed by atoms with van der Waals surface area (Å²) in [4.78, 5) is 26.8. The van der Waals surface area contributed by atoms with Crippen LogP contribution in [0.1, 0.15) is 64.0 Å². The van der Waals surface area contributed by atoms with E-state index in [4.69, 9.17) is 16.3 Å². The predicted octanol–water partition coefficient (Wildman–Crippen LogP) is 5.30. The molecule has 1 N–H and O–H groups in total. The first-order valence-corrected chi connectivity index (χ1v) is 10.7. The van der Waals surface area contributed by atoms with Crippen molar-refractivity contribution in [2.45, 2.75) is 70.9 Å². The Morgan fingerprint density at radius 1 is 1.34 bits per heavy atom. The summed E-state index contributed by atoms with van der Waals surface area (Å²) < 4.78 is 4.81. The fraction of sp³-hybridized carbons (Fsp3) is 0.565. The predicted molar refractivity (Wildman–Crippen MR) is 115 cm³/mol. The van der Waals surface area contributed by atoms with E-state index in [1.54, 1.807) is 0 Å². The third kappa shape index (κ3) is 3.89. The Labute approximate surface area is 178 Å². The number of benzene rings is 1. The Bertz CT molecular complexity index is 845. The zero-order chi connectivity index (χ0) is 21.4. The molecule has 1 fully saturated rings. The number of urea groups is 1. The molecule has 2 amide bonds. The van der Waals surface area contributed by atoms with Gasteiger partial charge in [0.2, 0.25) is 0 Å². The van der Waals surface area contributed by atoms with Crippen LogP contribution in [-0.4, -0.2) is 29.5 Å². The van der Waals surface area contributed by atoms with Gasteiger partial charge in [-0.1, -0.05) is 37.6 Å². The van der Waals surface area contributed by atoms with E-state index >= 15 is 0 Å². The van der Waals surface area contributed by atoms with Gasteiger partial charge in [0.05, 0.1) is 12.6 Å². The van der Waals surface area contributed by atoms with Crippen LogP contribution in [0, 0.1) is 12.8 Å². The van der Waals surface area contributed by atoms with Crippen molar-refractivity contribution in [1.82, 2.24) is 10.2 Å². The van der Waals surface area contributed by atoms with Gasteiger partial charge in [-0.05, 0) is 68.2 Å². The summed E-state index contributed by atoms with van der Waals surface area (Å²) in [7, 11) is 1.40. The first kappa shape index (κ1) is 21.7. The fourth-order valence-corrected chi connectivity index (χ4v) is 4.71. The van der Waals surface area contributed by atoms with Gasteiger partial charge in [0.15, 0.2) is 0 Å². The number of nitrogens with zero attached hydrogens (tertiary/aromatic N) is 1. The number of carbonyl (C=O) groups is 2. The molecule has 0 saturated heterocycles. The molecule has 1 heterocycles. The Hall–Kier alpha value is -2.01. The minimum absolute atomic E-state index is 0.127. The van der Waals surface area contributed by atoms with Crippen molar-refractivity contribution in [3.8, 4) is 0 Å². The van der Waals surface area contributed by atoms with Gasteiger partial charge in [-0.25, -0.2) is 4.79 Å². The maximum absolute atomic E-state index is 13.3. The number of hydrogen-bond acceptors (Lipinski definition) is 3. The first-order chi connectivity index (χ1) is 13.6. The number of nitrogens with one attached hydrogen (secondary N) is 1. The zero-order valence-electron chi connectivity index (χ0n) is 18.0. The molecule has 29 heavy (non-hydrogen) atoms. The minimum Gasteiger partial charge on any atom is -0.469 e.